The number of nitrogens with zero attached hydrogens (tertiary/aromatic N) is 6. The van der Waals surface area contributed by atoms with Gasteiger partial charge in [-0.05, 0) is 25.1 Å². The number of amides is 1. The highest BCUT2D eigenvalue weighted by molar-refractivity contribution is 7.13. The van der Waals surface area contributed by atoms with E-state index < -0.39 is 0 Å². The molecule has 3 heterocycles. The third kappa shape index (κ3) is 4.66. The molecule has 0 aliphatic heterocycles. The number of thiazole rings is 1. The zero-order chi connectivity index (χ0) is 22.0. The van der Waals surface area contributed by atoms with Crippen LogP contribution in [-0.4, -0.2) is 36.5 Å². The second-order valence-electron chi connectivity index (χ2n) is 7.04. The van der Waals surface area contributed by atoms with Crippen LogP contribution in [0.2, 0.25) is 5.02 Å². The lowest BCUT2D eigenvalue weighted by molar-refractivity contribution is 0.0931. The largest absolute Gasteiger partial charge is 0.346 e. The molecule has 156 valence electrons. The number of nitriles is 1. The molecule has 1 N–H and O–H groups in total. The molecule has 10 heteroatoms. The van der Waals surface area contributed by atoms with Crippen molar-refractivity contribution in [1.82, 2.24) is 29.9 Å². The van der Waals surface area contributed by atoms with E-state index in [0.717, 1.165) is 21.8 Å². The standard InChI is InChI=1S/C21H18ClN7OS/c1-13(25-20(30)19-12-31-21(26-19)16-9-24-28(2)11-16)10-29-6-5-18(27-29)14-3-4-15(8-23)17(22)7-14/h3-7,9,11-13H,10H2,1-2H3,(H,25,30)/t13-/m1/s1. The highest BCUT2D eigenvalue weighted by Gasteiger charge is 2.16. The highest BCUT2D eigenvalue weighted by Crippen LogP contribution is 2.24. The van der Waals surface area contributed by atoms with Crippen LogP contribution >= 0.6 is 22.9 Å². The number of aryl methyl sites for hydroxylation is 1. The average Bonchev–Trinajstić information content (AvgIpc) is 3.48. The molecule has 4 rings (SSSR count). The molecule has 0 radical (unpaired) electrons. The van der Waals surface area contributed by atoms with Gasteiger partial charge in [0.05, 0.1) is 29.0 Å². The lowest BCUT2D eigenvalue weighted by Gasteiger charge is -2.13. The molecule has 0 aliphatic carbocycles. The fourth-order valence-corrected chi connectivity index (χ4v) is 4.05. The molecular formula is C21H18ClN7OS. The van der Waals surface area contributed by atoms with E-state index in [1.165, 1.54) is 11.3 Å². The molecule has 1 atom stereocenters. The lowest BCUT2D eigenvalue weighted by atomic mass is 10.1. The van der Waals surface area contributed by atoms with Gasteiger partial charge in [0, 0.05) is 42.0 Å². The minimum Gasteiger partial charge on any atom is -0.346 e. The van der Waals surface area contributed by atoms with Crippen LogP contribution in [0.4, 0.5) is 0 Å². The number of aromatic nitrogens is 5. The third-order valence-electron chi connectivity index (χ3n) is 4.55. The number of hydrogen-bond acceptors (Lipinski definition) is 6. The van der Waals surface area contributed by atoms with Crippen LogP contribution in [-0.2, 0) is 13.6 Å². The molecular weight excluding hydrogens is 434 g/mol. The minimum absolute atomic E-state index is 0.159. The molecule has 1 amide bonds. The van der Waals surface area contributed by atoms with Crippen molar-refractivity contribution in [3.05, 3.63) is 64.5 Å². The summed E-state index contributed by atoms with van der Waals surface area (Å²) < 4.78 is 3.46. The summed E-state index contributed by atoms with van der Waals surface area (Å²) >= 11 is 7.52. The lowest BCUT2D eigenvalue weighted by Crippen LogP contribution is -2.36. The summed E-state index contributed by atoms with van der Waals surface area (Å²) in [5.74, 6) is -0.231. The Morgan fingerprint density at radius 2 is 2.19 bits per heavy atom. The molecule has 0 bridgehead atoms. The molecule has 0 spiro atoms. The Balaban J connectivity index is 1.39. The van der Waals surface area contributed by atoms with E-state index >= 15 is 0 Å². The predicted molar refractivity (Wildman–Crippen MR) is 119 cm³/mol. The number of benzene rings is 1. The van der Waals surface area contributed by atoms with E-state index in [9.17, 15) is 4.79 Å². The molecule has 0 fully saturated rings. The van der Waals surface area contributed by atoms with Crippen LogP contribution in [0.3, 0.4) is 0 Å². The van der Waals surface area contributed by atoms with E-state index in [1.807, 2.05) is 44.6 Å². The maximum Gasteiger partial charge on any atom is 0.271 e. The van der Waals surface area contributed by atoms with Gasteiger partial charge in [-0.25, -0.2) is 4.98 Å². The first-order valence-electron chi connectivity index (χ1n) is 9.42. The van der Waals surface area contributed by atoms with Crippen molar-refractivity contribution < 1.29 is 4.79 Å². The van der Waals surface area contributed by atoms with Gasteiger partial charge in [0.15, 0.2) is 0 Å². The Bertz CT molecular complexity index is 1280. The maximum absolute atomic E-state index is 12.6. The normalized spacial score (nSPS) is 11.8. The minimum atomic E-state index is -0.231. The van der Waals surface area contributed by atoms with E-state index in [2.05, 4.69) is 20.5 Å². The van der Waals surface area contributed by atoms with Gasteiger partial charge in [0.25, 0.3) is 5.91 Å². The van der Waals surface area contributed by atoms with Crippen LogP contribution in [0.15, 0.2) is 48.2 Å². The van der Waals surface area contributed by atoms with Crippen molar-refractivity contribution in [2.45, 2.75) is 19.5 Å². The molecule has 0 saturated heterocycles. The second kappa shape index (κ2) is 8.71. The molecule has 0 unspecified atom stereocenters. The van der Waals surface area contributed by atoms with Crippen LogP contribution in [0.5, 0.6) is 0 Å². The number of carbonyl (C=O) groups excluding carboxylic acids is 1. The number of carbonyl (C=O) groups is 1. The van der Waals surface area contributed by atoms with Gasteiger partial charge in [-0.2, -0.15) is 15.5 Å². The van der Waals surface area contributed by atoms with Crippen molar-refractivity contribution >= 4 is 28.8 Å². The first-order chi connectivity index (χ1) is 14.9. The Labute approximate surface area is 187 Å². The first-order valence-corrected chi connectivity index (χ1v) is 10.7. The number of nitrogens with one attached hydrogen (secondary N) is 1. The third-order valence-corrected chi connectivity index (χ3v) is 5.76. The van der Waals surface area contributed by atoms with Crippen LogP contribution < -0.4 is 5.32 Å². The fourth-order valence-electron chi connectivity index (χ4n) is 3.05. The van der Waals surface area contributed by atoms with Gasteiger partial charge in [0.2, 0.25) is 0 Å². The van der Waals surface area contributed by atoms with Crippen molar-refractivity contribution in [3.8, 4) is 27.9 Å². The molecule has 8 nitrogen and oxygen atoms in total. The van der Waals surface area contributed by atoms with E-state index in [-0.39, 0.29) is 11.9 Å². The van der Waals surface area contributed by atoms with E-state index in [4.69, 9.17) is 16.9 Å². The topological polar surface area (TPSA) is 101 Å². The Morgan fingerprint density at radius 3 is 2.90 bits per heavy atom. The maximum atomic E-state index is 12.6. The van der Waals surface area contributed by atoms with Crippen molar-refractivity contribution in [2.75, 3.05) is 0 Å². The van der Waals surface area contributed by atoms with Crippen LogP contribution in [0, 0.1) is 11.3 Å². The summed E-state index contributed by atoms with van der Waals surface area (Å²) in [6.07, 6.45) is 5.42. The summed E-state index contributed by atoms with van der Waals surface area (Å²) in [5.41, 5.74) is 3.25. The summed E-state index contributed by atoms with van der Waals surface area (Å²) in [5, 5.41) is 23.5. The molecule has 3 aromatic heterocycles. The van der Waals surface area contributed by atoms with Crippen molar-refractivity contribution in [1.29, 1.82) is 5.26 Å². The summed E-state index contributed by atoms with van der Waals surface area (Å²) in [6, 6.07) is 8.96. The van der Waals surface area contributed by atoms with Crippen LogP contribution in [0.1, 0.15) is 23.0 Å². The number of halogens is 1. The van der Waals surface area contributed by atoms with Gasteiger partial charge in [-0.15, -0.1) is 11.3 Å². The van der Waals surface area contributed by atoms with Gasteiger partial charge in [-0.3, -0.25) is 14.2 Å². The smallest absolute Gasteiger partial charge is 0.271 e. The predicted octanol–water partition coefficient (Wildman–Crippen LogP) is 3.75. The average molecular weight is 452 g/mol. The molecule has 0 aliphatic rings. The summed E-state index contributed by atoms with van der Waals surface area (Å²) in [4.78, 5) is 17.0. The molecule has 31 heavy (non-hydrogen) atoms. The van der Waals surface area contributed by atoms with Gasteiger partial charge in [0.1, 0.15) is 16.8 Å². The Hall–Kier alpha value is -3.48. The van der Waals surface area contributed by atoms with Crippen molar-refractivity contribution in [2.24, 2.45) is 7.05 Å². The van der Waals surface area contributed by atoms with Gasteiger partial charge >= 0.3 is 0 Å². The summed E-state index contributed by atoms with van der Waals surface area (Å²) in [7, 11) is 1.84. The quantitative estimate of drug-likeness (QED) is 0.481. The monoisotopic (exact) mass is 451 g/mol. The highest BCUT2D eigenvalue weighted by atomic mass is 35.5. The Morgan fingerprint density at radius 1 is 1.35 bits per heavy atom. The Kier molecular flexibility index (Phi) is 5.84. The van der Waals surface area contributed by atoms with E-state index in [0.29, 0.717) is 22.8 Å². The van der Waals surface area contributed by atoms with E-state index in [1.54, 1.807) is 33.1 Å². The fraction of sp³-hybridized carbons (Fsp3) is 0.190. The van der Waals surface area contributed by atoms with Gasteiger partial charge in [-0.1, -0.05) is 17.7 Å². The van der Waals surface area contributed by atoms with Crippen LogP contribution in [0.25, 0.3) is 21.8 Å². The molecule has 4 aromatic rings. The van der Waals surface area contributed by atoms with Gasteiger partial charge < -0.3 is 5.32 Å². The van der Waals surface area contributed by atoms with Crippen molar-refractivity contribution in [3.63, 3.8) is 0 Å². The molecule has 1 aromatic carbocycles. The number of hydrogen-bond donors (Lipinski definition) is 1. The SMILES string of the molecule is C[C@H](Cn1ccc(-c2ccc(C#N)c(Cl)c2)n1)NC(=O)c1csc(-c2cnn(C)c2)n1. The molecule has 0 saturated carbocycles. The summed E-state index contributed by atoms with van der Waals surface area (Å²) in [6.45, 7) is 2.40. The number of rotatable bonds is 6. The zero-order valence-corrected chi connectivity index (χ0v) is 18.4. The second-order valence-corrected chi connectivity index (χ2v) is 8.31. The first kappa shape index (κ1) is 20.8. The zero-order valence-electron chi connectivity index (χ0n) is 16.8.